The number of nitro groups is 1. The molecule has 0 amide bonds. The Balaban J connectivity index is 2.34. The Labute approximate surface area is 122 Å². The van der Waals surface area contributed by atoms with Gasteiger partial charge >= 0.3 is 5.97 Å². The van der Waals surface area contributed by atoms with Crippen LogP contribution < -0.4 is 4.74 Å². The highest BCUT2D eigenvalue weighted by atomic mass is 16.6. The van der Waals surface area contributed by atoms with Crippen molar-refractivity contribution in [1.82, 2.24) is 0 Å². The largest absolute Gasteiger partial charge is 0.496 e. The Bertz CT molecular complexity index is 549. The fourth-order valence-corrected chi connectivity index (χ4v) is 3.05. The summed E-state index contributed by atoms with van der Waals surface area (Å²) in [7, 11) is 1.44. The molecule has 6 nitrogen and oxygen atoms in total. The zero-order valence-corrected chi connectivity index (χ0v) is 12.0. The predicted octanol–water partition coefficient (Wildman–Crippen LogP) is 3.18. The van der Waals surface area contributed by atoms with Gasteiger partial charge in [0.05, 0.1) is 23.5 Å². The van der Waals surface area contributed by atoms with Gasteiger partial charge in [-0.25, -0.2) is 0 Å². The maximum absolute atomic E-state index is 11.7. The molecule has 0 heterocycles. The maximum Gasteiger partial charge on any atom is 0.309 e. The standard InChI is InChI=1S/C15H19NO5/c1-21-13-8-11(7-12(9-13)16(19)20)10-15(14(17)18)5-3-2-4-6-15/h7-9H,2-6,10H2,1H3,(H,17,18). The maximum atomic E-state index is 11.7. The highest BCUT2D eigenvalue weighted by molar-refractivity contribution is 5.75. The van der Waals surface area contributed by atoms with Gasteiger partial charge in [0, 0.05) is 6.07 Å². The third-order valence-electron chi connectivity index (χ3n) is 4.20. The lowest BCUT2D eigenvalue weighted by Gasteiger charge is -2.33. The summed E-state index contributed by atoms with van der Waals surface area (Å²) >= 11 is 0. The Morgan fingerprint density at radius 3 is 2.52 bits per heavy atom. The van der Waals surface area contributed by atoms with Crippen LogP contribution in [-0.4, -0.2) is 23.1 Å². The van der Waals surface area contributed by atoms with Crippen LogP contribution >= 0.6 is 0 Å². The fraction of sp³-hybridized carbons (Fsp3) is 0.533. The molecule has 114 valence electrons. The Morgan fingerprint density at radius 1 is 1.33 bits per heavy atom. The van der Waals surface area contributed by atoms with Gasteiger partial charge in [-0.15, -0.1) is 0 Å². The molecule has 6 heteroatoms. The number of carbonyl (C=O) groups is 1. The highest BCUT2D eigenvalue weighted by Crippen LogP contribution is 2.40. The van der Waals surface area contributed by atoms with Crippen LogP contribution in [0.25, 0.3) is 0 Å². The lowest BCUT2D eigenvalue weighted by Crippen LogP contribution is -2.35. The van der Waals surface area contributed by atoms with Crippen LogP contribution in [0.5, 0.6) is 5.75 Å². The van der Waals surface area contributed by atoms with Crippen molar-refractivity contribution in [2.45, 2.75) is 38.5 Å². The van der Waals surface area contributed by atoms with Crippen LogP contribution in [0, 0.1) is 15.5 Å². The normalized spacial score (nSPS) is 17.2. The van der Waals surface area contributed by atoms with Crippen LogP contribution in [0.3, 0.4) is 0 Å². The van der Waals surface area contributed by atoms with Crippen molar-refractivity contribution in [2.75, 3.05) is 7.11 Å². The third-order valence-corrected chi connectivity index (χ3v) is 4.20. The summed E-state index contributed by atoms with van der Waals surface area (Å²) in [5.74, 6) is -0.428. The molecule has 1 N–H and O–H groups in total. The van der Waals surface area contributed by atoms with E-state index >= 15 is 0 Å². The molecule has 1 aromatic carbocycles. The number of carboxylic acid groups (broad SMARTS) is 1. The summed E-state index contributed by atoms with van der Waals surface area (Å²) in [6.07, 6.45) is 4.37. The zero-order chi connectivity index (χ0) is 15.5. The van der Waals surface area contributed by atoms with E-state index in [1.165, 1.54) is 19.2 Å². The van der Waals surface area contributed by atoms with Gasteiger partial charge in [-0.1, -0.05) is 19.3 Å². The van der Waals surface area contributed by atoms with Crippen LogP contribution in [0.15, 0.2) is 18.2 Å². The lowest BCUT2D eigenvalue weighted by molar-refractivity contribution is -0.385. The molecule has 0 bridgehead atoms. The van der Waals surface area contributed by atoms with Gasteiger partial charge in [-0.2, -0.15) is 0 Å². The second-order valence-electron chi connectivity index (χ2n) is 5.62. The quantitative estimate of drug-likeness (QED) is 0.665. The Hall–Kier alpha value is -2.11. The summed E-state index contributed by atoms with van der Waals surface area (Å²) in [5.41, 5.74) is -0.232. The van der Waals surface area contributed by atoms with E-state index in [2.05, 4.69) is 0 Å². The predicted molar refractivity (Wildman–Crippen MR) is 76.5 cm³/mol. The van der Waals surface area contributed by atoms with Crippen molar-refractivity contribution in [1.29, 1.82) is 0 Å². The number of hydrogen-bond donors (Lipinski definition) is 1. The summed E-state index contributed by atoms with van der Waals surface area (Å²) in [6, 6.07) is 4.48. The van der Waals surface area contributed by atoms with Crippen molar-refractivity contribution in [3.8, 4) is 5.75 Å². The van der Waals surface area contributed by atoms with Gasteiger partial charge in [0.2, 0.25) is 0 Å². The van der Waals surface area contributed by atoms with E-state index in [4.69, 9.17) is 4.74 Å². The molecule has 0 radical (unpaired) electrons. The third kappa shape index (κ3) is 3.32. The minimum absolute atomic E-state index is 0.0688. The van der Waals surface area contributed by atoms with Gasteiger partial charge < -0.3 is 9.84 Å². The molecule has 0 saturated heterocycles. The number of benzene rings is 1. The average Bonchev–Trinajstić information content (AvgIpc) is 2.47. The van der Waals surface area contributed by atoms with E-state index in [-0.39, 0.29) is 5.69 Å². The van der Waals surface area contributed by atoms with Gasteiger partial charge in [0.25, 0.3) is 5.69 Å². The van der Waals surface area contributed by atoms with Crippen molar-refractivity contribution in [2.24, 2.45) is 5.41 Å². The van der Waals surface area contributed by atoms with Gasteiger partial charge in [-0.3, -0.25) is 14.9 Å². The second kappa shape index (κ2) is 6.11. The first kappa shape index (κ1) is 15.3. The average molecular weight is 293 g/mol. The molecule has 0 aliphatic heterocycles. The van der Waals surface area contributed by atoms with Crippen molar-refractivity contribution >= 4 is 11.7 Å². The number of nitro benzene ring substituents is 1. The first-order chi connectivity index (χ1) is 9.97. The van der Waals surface area contributed by atoms with Gasteiger partial charge in [0.15, 0.2) is 0 Å². The van der Waals surface area contributed by atoms with E-state index in [0.29, 0.717) is 30.6 Å². The Kier molecular flexibility index (Phi) is 4.45. The molecule has 1 aliphatic carbocycles. The molecule has 0 unspecified atom stereocenters. The smallest absolute Gasteiger partial charge is 0.309 e. The van der Waals surface area contributed by atoms with Crippen LogP contribution in [0.2, 0.25) is 0 Å². The molecule has 0 aromatic heterocycles. The highest BCUT2D eigenvalue weighted by Gasteiger charge is 2.39. The van der Waals surface area contributed by atoms with Crippen molar-refractivity contribution in [3.63, 3.8) is 0 Å². The SMILES string of the molecule is COc1cc(CC2(C(=O)O)CCCCC2)cc([N+](=O)[O-])c1. The van der Waals surface area contributed by atoms with Gasteiger partial charge in [-0.05, 0) is 30.9 Å². The Morgan fingerprint density at radius 2 is 2.00 bits per heavy atom. The van der Waals surface area contributed by atoms with Crippen LogP contribution in [-0.2, 0) is 11.2 Å². The number of ether oxygens (including phenoxy) is 1. The number of carboxylic acids is 1. The molecule has 1 aliphatic rings. The fourth-order valence-electron chi connectivity index (χ4n) is 3.05. The number of rotatable bonds is 5. The first-order valence-corrected chi connectivity index (χ1v) is 7.03. The van der Waals surface area contributed by atoms with Crippen molar-refractivity contribution in [3.05, 3.63) is 33.9 Å². The monoisotopic (exact) mass is 293 g/mol. The second-order valence-corrected chi connectivity index (χ2v) is 5.62. The molecule has 1 fully saturated rings. The molecule has 2 rings (SSSR count). The van der Waals surface area contributed by atoms with E-state index in [1.54, 1.807) is 6.07 Å². The topological polar surface area (TPSA) is 89.7 Å². The van der Waals surface area contributed by atoms with E-state index in [1.807, 2.05) is 0 Å². The van der Waals surface area contributed by atoms with E-state index < -0.39 is 16.3 Å². The summed E-state index contributed by atoms with van der Waals surface area (Å²) in [4.78, 5) is 22.2. The molecule has 0 spiro atoms. The number of hydrogen-bond acceptors (Lipinski definition) is 4. The molecule has 21 heavy (non-hydrogen) atoms. The molecular weight excluding hydrogens is 274 g/mol. The van der Waals surface area contributed by atoms with Crippen LogP contribution in [0.1, 0.15) is 37.7 Å². The number of nitrogens with zero attached hydrogens (tertiary/aromatic N) is 1. The number of non-ortho nitro benzene ring substituents is 1. The molecule has 0 atom stereocenters. The minimum atomic E-state index is -0.812. The number of aliphatic carboxylic acids is 1. The first-order valence-electron chi connectivity index (χ1n) is 7.03. The summed E-state index contributed by atoms with van der Waals surface area (Å²) < 4.78 is 5.08. The van der Waals surface area contributed by atoms with E-state index in [0.717, 1.165) is 19.3 Å². The molecule has 1 aromatic rings. The molecule has 1 saturated carbocycles. The van der Waals surface area contributed by atoms with Crippen molar-refractivity contribution < 1.29 is 19.6 Å². The minimum Gasteiger partial charge on any atom is -0.496 e. The van der Waals surface area contributed by atoms with Crippen LogP contribution in [0.4, 0.5) is 5.69 Å². The molecular formula is C15H19NO5. The van der Waals surface area contributed by atoms with Gasteiger partial charge in [0.1, 0.15) is 5.75 Å². The lowest BCUT2D eigenvalue weighted by atomic mass is 9.70. The summed E-state index contributed by atoms with van der Waals surface area (Å²) in [5, 5.41) is 20.6. The summed E-state index contributed by atoms with van der Waals surface area (Å²) in [6.45, 7) is 0. The zero-order valence-electron chi connectivity index (χ0n) is 12.0. The number of methoxy groups -OCH3 is 1. The van der Waals surface area contributed by atoms with E-state index in [9.17, 15) is 20.0 Å².